The Bertz CT molecular complexity index is 1530. The van der Waals surface area contributed by atoms with Crippen molar-refractivity contribution in [2.45, 2.75) is 38.8 Å². The van der Waals surface area contributed by atoms with Gasteiger partial charge in [-0.25, -0.2) is 4.39 Å². The topological polar surface area (TPSA) is 43.3 Å². The molecule has 1 amide bonds. The number of para-hydroxylation sites is 1. The number of halogens is 1. The van der Waals surface area contributed by atoms with Gasteiger partial charge < -0.3 is 14.6 Å². The van der Waals surface area contributed by atoms with Crippen molar-refractivity contribution in [1.29, 1.82) is 0 Å². The number of amides is 1. The van der Waals surface area contributed by atoms with Crippen LogP contribution in [0.5, 0.6) is 5.75 Å². The van der Waals surface area contributed by atoms with E-state index in [1.54, 1.807) is 0 Å². The number of fused-ring (bicyclic) bond motifs is 1. The first-order valence-electron chi connectivity index (χ1n) is 13.5. The predicted molar refractivity (Wildman–Crippen MR) is 154 cm³/mol. The summed E-state index contributed by atoms with van der Waals surface area (Å²) in [6, 6.07) is 33.0. The van der Waals surface area contributed by atoms with Gasteiger partial charge in [0.2, 0.25) is 5.91 Å². The normalized spacial score (nSPS) is 11.8. The molecule has 0 aliphatic carbocycles. The van der Waals surface area contributed by atoms with E-state index in [9.17, 15) is 9.18 Å². The molecule has 0 bridgehead atoms. The molecule has 5 aromatic rings. The third kappa shape index (κ3) is 6.55. The number of hydrogen-bond donors (Lipinski definition) is 1. The van der Waals surface area contributed by atoms with Gasteiger partial charge in [-0.2, -0.15) is 0 Å². The van der Waals surface area contributed by atoms with Crippen molar-refractivity contribution in [1.82, 2.24) is 9.88 Å². The van der Waals surface area contributed by atoms with Crippen LogP contribution >= 0.6 is 0 Å². The molecule has 4 nitrogen and oxygen atoms in total. The molecule has 5 rings (SSSR count). The number of carbonyl (C=O) groups is 1. The van der Waals surface area contributed by atoms with Crippen LogP contribution < -0.4 is 10.1 Å². The lowest BCUT2D eigenvalue weighted by molar-refractivity contribution is -0.121. The summed E-state index contributed by atoms with van der Waals surface area (Å²) in [5, 5.41) is 4.15. The van der Waals surface area contributed by atoms with Gasteiger partial charge in [0, 0.05) is 42.5 Å². The summed E-state index contributed by atoms with van der Waals surface area (Å²) in [7, 11) is 0. The van der Waals surface area contributed by atoms with Crippen LogP contribution in [-0.2, 0) is 17.9 Å². The fraction of sp³-hybridized carbons (Fsp3) is 0.206. The highest BCUT2D eigenvalue weighted by Gasteiger charge is 2.23. The number of aromatic nitrogens is 1. The molecule has 0 radical (unpaired) electrons. The zero-order valence-electron chi connectivity index (χ0n) is 22.1. The third-order valence-electron chi connectivity index (χ3n) is 6.93. The Morgan fingerprint density at radius 2 is 1.67 bits per heavy atom. The molecule has 0 saturated heterocycles. The van der Waals surface area contributed by atoms with Crippen molar-refractivity contribution in [2.75, 3.05) is 6.54 Å². The molecular formula is C34H33FN2O2. The van der Waals surface area contributed by atoms with Crippen LogP contribution in [0.15, 0.2) is 109 Å². The molecule has 1 atom stereocenters. The summed E-state index contributed by atoms with van der Waals surface area (Å²) < 4.78 is 21.8. The average Bonchev–Trinajstić information content (AvgIpc) is 3.33. The van der Waals surface area contributed by atoms with Gasteiger partial charge in [-0.3, -0.25) is 4.79 Å². The molecule has 4 aromatic carbocycles. The minimum atomic E-state index is -0.246. The zero-order chi connectivity index (χ0) is 27.0. The zero-order valence-corrected chi connectivity index (χ0v) is 22.1. The number of carbonyl (C=O) groups excluding carboxylic acids is 1. The van der Waals surface area contributed by atoms with Crippen molar-refractivity contribution in [2.24, 2.45) is 0 Å². The Morgan fingerprint density at radius 3 is 2.46 bits per heavy atom. The lowest BCUT2D eigenvalue weighted by Gasteiger charge is -2.18. The highest BCUT2D eigenvalue weighted by atomic mass is 19.1. The molecule has 0 aliphatic rings. The van der Waals surface area contributed by atoms with Crippen LogP contribution in [0.1, 0.15) is 47.9 Å². The van der Waals surface area contributed by atoms with Crippen molar-refractivity contribution in [3.05, 3.63) is 137 Å². The van der Waals surface area contributed by atoms with E-state index in [0.29, 0.717) is 26.1 Å². The Labute approximate surface area is 229 Å². The van der Waals surface area contributed by atoms with Gasteiger partial charge >= 0.3 is 0 Å². The summed E-state index contributed by atoms with van der Waals surface area (Å²) in [6.45, 7) is 3.78. The lowest BCUT2D eigenvalue weighted by atomic mass is 9.88. The van der Waals surface area contributed by atoms with Gasteiger partial charge in [0.1, 0.15) is 18.2 Å². The molecule has 0 fully saturated rings. The average molecular weight is 521 g/mol. The second-order valence-electron chi connectivity index (χ2n) is 9.81. The Kier molecular flexibility index (Phi) is 8.37. The first-order chi connectivity index (χ1) is 19.1. The van der Waals surface area contributed by atoms with Crippen LogP contribution in [0.2, 0.25) is 0 Å². The molecule has 1 aromatic heterocycles. The second-order valence-corrected chi connectivity index (χ2v) is 9.81. The van der Waals surface area contributed by atoms with E-state index in [1.807, 2.05) is 79.7 Å². The van der Waals surface area contributed by atoms with Crippen LogP contribution in [0, 0.1) is 5.82 Å². The van der Waals surface area contributed by atoms with E-state index in [2.05, 4.69) is 34.3 Å². The van der Waals surface area contributed by atoms with E-state index in [4.69, 9.17) is 4.74 Å². The monoisotopic (exact) mass is 520 g/mol. The molecule has 1 heterocycles. The van der Waals surface area contributed by atoms with Crippen LogP contribution in [-0.4, -0.2) is 17.0 Å². The predicted octanol–water partition coefficient (Wildman–Crippen LogP) is 7.46. The number of rotatable bonds is 11. The maximum absolute atomic E-state index is 13.5. The number of nitrogens with zero attached hydrogens (tertiary/aromatic N) is 1. The van der Waals surface area contributed by atoms with E-state index in [-0.39, 0.29) is 17.6 Å². The van der Waals surface area contributed by atoms with Gasteiger partial charge in [-0.1, -0.05) is 79.7 Å². The summed E-state index contributed by atoms with van der Waals surface area (Å²) in [5.41, 5.74) is 5.29. The molecule has 0 saturated carbocycles. The van der Waals surface area contributed by atoms with Crippen LogP contribution in [0.4, 0.5) is 4.39 Å². The molecule has 0 aliphatic heterocycles. The molecule has 198 valence electrons. The second kappa shape index (κ2) is 12.4. The van der Waals surface area contributed by atoms with Gasteiger partial charge in [0.25, 0.3) is 0 Å². The molecular weight excluding hydrogens is 487 g/mol. The van der Waals surface area contributed by atoms with Crippen LogP contribution in [0.25, 0.3) is 10.9 Å². The largest absolute Gasteiger partial charge is 0.489 e. The number of benzene rings is 4. The van der Waals surface area contributed by atoms with E-state index in [1.165, 1.54) is 12.1 Å². The lowest BCUT2D eigenvalue weighted by Crippen LogP contribution is -2.26. The number of hydrogen-bond acceptors (Lipinski definition) is 2. The van der Waals surface area contributed by atoms with Crippen molar-refractivity contribution in [3.8, 4) is 5.75 Å². The smallest absolute Gasteiger partial charge is 0.220 e. The fourth-order valence-electron chi connectivity index (χ4n) is 4.96. The van der Waals surface area contributed by atoms with Crippen LogP contribution in [0.3, 0.4) is 0 Å². The first-order valence-corrected chi connectivity index (χ1v) is 13.5. The highest BCUT2D eigenvalue weighted by molar-refractivity contribution is 5.87. The van der Waals surface area contributed by atoms with E-state index >= 15 is 0 Å². The summed E-state index contributed by atoms with van der Waals surface area (Å²) in [5.74, 6) is 0.379. The van der Waals surface area contributed by atoms with Gasteiger partial charge in [0.15, 0.2) is 0 Å². The summed E-state index contributed by atoms with van der Waals surface area (Å²) in [4.78, 5) is 13.0. The van der Waals surface area contributed by atoms with Gasteiger partial charge in [-0.15, -0.1) is 0 Å². The molecule has 39 heavy (non-hydrogen) atoms. The number of ether oxygens (including phenoxy) is 1. The minimum Gasteiger partial charge on any atom is -0.489 e. The SMILES string of the molecule is CCCNC(=O)CC(c1cccc(OCc2ccccc2)c1)c1cn(Cc2ccc(F)cc2)c2ccccc12. The Hall–Kier alpha value is -4.38. The van der Waals surface area contributed by atoms with Crippen molar-refractivity contribution >= 4 is 16.8 Å². The molecule has 1 unspecified atom stereocenters. The first kappa shape index (κ1) is 26.2. The minimum absolute atomic E-state index is 0.0211. The van der Waals surface area contributed by atoms with E-state index in [0.717, 1.165) is 45.3 Å². The van der Waals surface area contributed by atoms with Gasteiger partial charge in [-0.05, 0) is 59.0 Å². The maximum atomic E-state index is 13.5. The summed E-state index contributed by atoms with van der Waals surface area (Å²) >= 11 is 0. The fourth-order valence-corrected chi connectivity index (χ4v) is 4.96. The number of nitrogens with one attached hydrogen (secondary N) is 1. The molecule has 0 spiro atoms. The maximum Gasteiger partial charge on any atom is 0.220 e. The van der Waals surface area contributed by atoms with Crippen molar-refractivity contribution < 1.29 is 13.9 Å². The quantitative estimate of drug-likeness (QED) is 0.196. The highest BCUT2D eigenvalue weighted by Crippen LogP contribution is 2.36. The standard InChI is InChI=1S/C34H33FN2O2/c1-2-19-36-34(38)21-31(27-11-8-12-29(20-27)39-24-26-9-4-3-5-10-26)32-23-37(33-14-7-6-13-30(32)33)22-25-15-17-28(35)18-16-25/h3-18,20,23,31H,2,19,21-22,24H2,1H3,(H,36,38). The van der Waals surface area contributed by atoms with Crippen molar-refractivity contribution in [3.63, 3.8) is 0 Å². The summed E-state index contributed by atoms with van der Waals surface area (Å²) in [6.07, 6.45) is 3.35. The molecule has 1 N–H and O–H groups in total. The Balaban J connectivity index is 1.50. The van der Waals surface area contributed by atoms with Gasteiger partial charge in [0.05, 0.1) is 0 Å². The van der Waals surface area contributed by atoms with E-state index < -0.39 is 0 Å². The third-order valence-corrected chi connectivity index (χ3v) is 6.93. The Morgan fingerprint density at radius 1 is 0.897 bits per heavy atom. The molecule has 5 heteroatoms.